The largest absolute Gasteiger partial charge is 0.295 e. The standard InChI is InChI=1S/C18H18N2O/c1-12-8-10-15(11-9-12)17-14(3)19-20(18(17)21)16-7-5-4-6-13(16)2/h4-11,19H,1-3H3. The van der Waals surface area contributed by atoms with E-state index in [1.165, 1.54) is 5.56 Å². The quantitative estimate of drug-likeness (QED) is 0.761. The van der Waals surface area contributed by atoms with E-state index in [0.29, 0.717) is 0 Å². The van der Waals surface area contributed by atoms with Crippen LogP contribution >= 0.6 is 0 Å². The first-order valence-electron chi connectivity index (χ1n) is 7.02. The summed E-state index contributed by atoms with van der Waals surface area (Å²) >= 11 is 0. The smallest absolute Gasteiger partial charge is 0.279 e. The van der Waals surface area contributed by atoms with Crippen LogP contribution in [0.25, 0.3) is 16.8 Å². The van der Waals surface area contributed by atoms with Gasteiger partial charge in [0.05, 0.1) is 11.3 Å². The van der Waals surface area contributed by atoms with Crippen LogP contribution < -0.4 is 5.56 Å². The van der Waals surface area contributed by atoms with Gasteiger partial charge in [0, 0.05) is 5.69 Å². The number of benzene rings is 2. The molecule has 1 aromatic heterocycles. The van der Waals surface area contributed by atoms with Crippen molar-refractivity contribution in [3.63, 3.8) is 0 Å². The van der Waals surface area contributed by atoms with Crippen molar-refractivity contribution < 1.29 is 0 Å². The van der Waals surface area contributed by atoms with E-state index in [2.05, 4.69) is 5.10 Å². The Hall–Kier alpha value is -2.55. The Morgan fingerprint density at radius 2 is 1.57 bits per heavy atom. The van der Waals surface area contributed by atoms with Crippen molar-refractivity contribution in [2.24, 2.45) is 0 Å². The van der Waals surface area contributed by atoms with Crippen molar-refractivity contribution in [1.82, 2.24) is 9.78 Å². The summed E-state index contributed by atoms with van der Waals surface area (Å²) in [5, 5.41) is 3.19. The molecule has 0 atom stereocenters. The van der Waals surface area contributed by atoms with Crippen molar-refractivity contribution >= 4 is 0 Å². The van der Waals surface area contributed by atoms with Crippen LogP contribution in [0.3, 0.4) is 0 Å². The molecular formula is C18H18N2O. The van der Waals surface area contributed by atoms with E-state index in [-0.39, 0.29) is 5.56 Å². The minimum Gasteiger partial charge on any atom is -0.295 e. The highest BCUT2D eigenvalue weighted by atomic mass is 16.1. The van der Waals surface area contributed by atoms with Crippen LogP contribution in [0.5, 0.6) is 0 Å². The monoisotopic (exact) mass is 278 g/mol. The van der Waals surface area contributed by atoms with Crippen LogP contribution in [0.4, 0.5) is 0 Å². The lowest BCUT2D eigenvalue weighted by molar-refractivity contribution is 0.829. The maximum absolute atomic E-state index is 12.8. The van der Waals surface area contributed by atoms with E-state index in [4.69, 9.17) is 0 Å². The molecule has 1 N–H and O–H groups in total. The topological polar surface area (TPSA) is 37.8 Å². The Labute approximate surface area is 123 Å². The van der Waals surface area contributed by atoms with Crippen molar-refractivity contribution in [3.05, 3.63) is 75.7 Å². The maximum Gasteiger partial charge on any atom is 0.279 e. The van der Waals surface area contributed by atoms with Crippen molar-refractivity contribution in [3.8, 4) is 16.8 Å². The minimum absolute atomic E-state index is 0.00865. The van der Waals surface area contributed by atoms with Gasteiger partial charge >= 0.3 is 0 Å². The van der Waals surface area contributed by atoms with Gasteiger partial charge in [-0.2, -0.15) is 0 Å². The molecule has 1 heterocycles. The highest BCUT2D eigenvalue weighted by molar-refractivity contribution is 5.66. The van der Waals surface area contributed by atoms with Gasteiger partial charge in [0.15, 0.2) is 0 Å². The van der Waals surface area contributed by atoms with E-state index in [9.17, 15) is 4.79 Å². The summed E-state index contributed by atoms with van der Waals surface area (Å²) in [7, 11) is 0. The Balaban J connectivity index is 2.20. The third-order valence-corrected chi connectivity index (χ3v) is 3.77. The molecule has 0 aliphatic heterocycles. The Kier molecular flexibility index (Phi) is 3.26. The zero-order valence-corrected chi connectivity index (χ0v) is 12.5. The number of para-hydroxylation sites is 1. The molecule has 21 heavy (non-hydrogen) atoms. The van der Waals surface area contributed by atoms with Crippen LogP contribution in [-0.4, -0.2) is 9.78 Å². The summed E-state index contributed by atoms with van der Waals surface area (Å²) in [6.45, 7) is 5.98. The normalized spacial score (nSPS) is 10.8. The van der Waals surface area contributed by atoms with Crippen LogP contribution in [0.2, 0.25) is 0 Å². The third-order valence-electron chi connectivity index (χ3n) is 3.77. The van der Waals surface area contributed by atoms with Gasteiger partial charge < -0.3 is 0 Å². The SMILES string of the molecule is Cc1ccc(-c2c(C)[nH]n(-c3ccccc3C)c2=O)cc1. The fourth-order valence-corrected chi connectivity index (χ4v) is 2.59. The predicted molar refractivity (Wildman–Crippen MR) is 86.0 cm³/mol. The molecular weight excluding hydrogens is 260 g/mol. The third kappa shape index (κ3) is 2.31. The molecule has 0 aliphatic carbocycles. The first-order chi connectivity index (χ1) is 10.1. The fraction of sp³-hybridized carbons (Fsp3) is 0.167. The average Bonchev–Trinajstić information content (AvgIpc) is 2.76. The van der Waals surface area contributed by atoms with Crippen LogP contribution in [0.15, 0.2) is 53.3 Å². The second-order valence-electron chi connectivity index (χ2n) is 5.40. The molecule has 0 saturated heterocycles. The molecule has 2 aromatic carbocycles. The summed E-state index contributed by atoms with van der Waals surface area (Å²) in [6.07, 6.45) is 0. The Bertz CT molecular complexity index is 838. The van der Waals surface area contributed by atoms with Crippen LogP contribution in [0.1, 0.15) is 16.8 Å². The van der Waals surface area contributed by atoms with Crippen molar-refractivity contribution in [2.75, 3.05) is 0 Å². The first kappa shape index (κ1) is 13.4. The maximum atomic E-state index is 12.8. The number of aromatic amines is 1. The van der Waals surface area contributed by atoms with Gasteiger partial charge in [-0.05, 0) is 38.0 Å². The van der Waals surface area contributed by atoms with Gasteiger partial charge in [-0.1, -0.05) is 48.0 Å². The molecule has 0 saturated carbocycles. The molecule has 0 amide bonds. The number of aryl methyl sites for hydroxylation is 3. The lowest BCUT2D eigenvalue weighted by Gasteiger charge is -2.04. The average molecular weight is 278 g/mol. The van der Waals surface area contributed by atoms with Crippen LogP contribution in [0, 0.1) is 20.8 Å². The number of nitrogens with zero attached hydrogens (tertiary/aromatic N) is 1. The molecule has 3 rings (SSSR count). The lowest BCUT2D eigenvalue weighted by Crippen LogP contribution is -2.16. The first-order valence-corrected chi connectivity index (χ1v) is 7.02. The Morgan fingerprint density at radius 1 is 0.905 bits per heavy atom. The van der Waals surface area contributed by atoms with E-state index in [0.717, 1.165) is 28.1 Å². The van der Waals surface area contributed by atoms with E-state index >= 15 is 0 Å². The molecule has 106 valence electrons. The van der Waals surface area contributed by atoms with Gasteiger partial charge in [-0.15, -0.1) is 0 Å². The van der Waals surface area contributed by atoms with Gasteiger partial charge in [-0.3, -0.25) is 9.89 Å². The fourth-order valence-electron chi connectivity index (χ4n) is 2.59. The zero-order valence-electron chi connectivity index (χ0n) is 12.5. The zero-order chi connectivity index (χ0) is 15.0. The van der Waals surface area contributed by atoms with E-state index in [1.54, 1.807) is 4.68 Å². The predicted octanol–water partition coefficient (Wildman–Crippen LogP) is 3.76. The van der Waals surface area contributed by atoms with Crippen LogP contribution in [-0.2, 0) is 0 Å². The second-order valence-corrected chi connectivity index (χ2v) is 5.40. The summed E-state index contributed by atoms with van der Waals surface area (Å²) in [5.41, 5.74) is 5.70. The highest BCUT2D eigenvalue weighted by Crippen LogP contribution is 2.21. The van der Waals surface area contributed by atoms with Crippen molar-refractivity contribution in [2.45, 2.75) is 20.8 Å². The lowest BCUT2D eigenvalue weighted by atomic mass is 10.1. The molecule has 3 heteroatoms. The summed E-state index contributed by atoms with van der Waals surface area (Å²) in [6, 6.07) is 15.9. The molecule has 3 nitrogen and oxygen atoms in total. The minimum atomic E-state index is -0.00865. The summed E-state index contributed by atoms with van der Waals surface area (Å²) < 4.78 is 1.62. The van der Waals surface area contributed by atoms with Gasteiger partial charge in [-0.25, -0.2) is 4.68 Å². The number of H-pyrrole nitrogens is 1. The molecule has 3 aromatic rings. The highest BCUT2D eigenvalue weighted by Gasteiger charge is 2.14. The molecule has 0 bridgehead atoms. The second kappa shape index (κ2) is 5.09. The Morgan fingerprint density at radius 3 is 2.24 bits per heavy atom. The molecule has 0 aliphatic rings. The molecule has 0 spiro atoms. The summed E-state index contributed by atoms with van der Waals surface area (Å²) in [5.74, 6) is 0. The van der Waals surface area contributed by atoms with Gasteiger partial charge in [0.25, 0.3) is 5.56 Å². The number of nitrogens with one attached hydrogen (secondary N) is 1. The van der Waals surface area contributed by atoms with E-state index < -0.39 is 0 Å². The summed E-state index contributed by atoms with van der Waals surface area (Å²) in [4.78, 5) is 12.8. The number of aromatic nitrogens is 2. The van der Waals surface area contributed by atoms with Gasteiger partial charge in [0.2, 0.25) is 0 Å². The molecule has 0 unspecified atom stereocenters. The van der Waals surface area contributed by atoms with Crippen molar-refractivity contribution in [1.29, 1.82) is 0 Å². The molecule has 0 fully saturated rings. The molecule has 0 radical (unpaired) electrons. The van der Waals surface area contributed by atoms with Gasteiger partial charge in [0.1, 0.15) is 0 Å². The van der Waals surface area contributed by atoms with E-state index in [1.807, 2.05) is 69.3 Å². The number of hydrogen-bond donors (Lipinski definition) is 1. The number of hydrogen-bond acceptors (Lipinski definition) is 1. The number of rotatable bonds is 2.